The topological polar surface area (TPSA) is 17.8 Å². The maximum Gasteiger partial charge on any atom is 0.132 e. The molecule has 0 aliphatic rings. The minimum atomic E-state index is -0.322. The Morgan fingerprint density at radius 1 is 1.24 bits per heavy atom. The molecule has 1 atom stereocenters. The number of aromatic nitrogens is 2. The summed E-state index contributed by atoms with van der Waals surface area (Å²) in [6, 6.07) is 10.4. The Morgan fingerprint density at radius 2 is 2.00 bits per heavy atom. The monoisotopic (exact) mass is 322 g/mol. The van der Waals surface area contributed by atoms with Gasteiger partial charge >= 0.3 is 0 Å². The Labute approximate surface area is 132 Å². The van der Waals surface area contributed by atoms with E-state index in [1.807, 2.05) is 36.6 Å². The van der Waals surface area contributed by atoms with Crippen molar-refractivity contribution < 1.29 is 4.39 Å². The van der Waals surface area contributed by atoms with Crippen LogP contribution >= 0.6 is 23.2 Å². The lowest BCUT2D eigenvalue weighted by molar-refractivity contribution is 0.625. The van der Waals surface area contributed by atoms with Crippen LogP contribution in [0.15, 0.2) is 36.4 Å². The molecule has 0 aliphatic carbocycles. The summed E-state index contributed by atoms with van der Waals surface area (Å²) in [6.45, 7) is 3.68. The van der Waals surface area contributed by atoms with Crippen LogP contribution in [0.4, 0.5) is 4.39 Å². The average molecular weight is 323 g/mol. The van der Waals surface area contributed by atoms with Crippen molar-refractivity contribution in [3.63, 3.8) is 0 Å². The summed E-state index contributed by atoms with van der Waals surface area (Å²) >= 11 is 12.4. The van der Waals surface area contributed by atoms with Crippen molar-refractivity contribution in [3.05, 3.63) is 58.6 Å². The van der Waals surface area contributed by atoms with E-state index in [2.05, 4.69) is 4.98 Å². The first-order valence-electron chi connectivity index (χ1n) is 6.56. The first kappa shape index (κ1) is 14.4. The molecular formula is C16H13Cl2FN2. The van der Waals surface area contributed by atoms with Crippen LogP contribution in [0.3, 0.4) is 0 Å². The zero-order chi connectivity index (χ0) is 15.1. The van der Waals surface area contributed by atoms with Gasteiger partial charge in [-0.3, -0.25) is 4.57 Å². The predicted octanol–water partition coefficient (Wildman–Crippen LogP) is 5.43. The van der Waals surface area contributed by atoms with Gasteiger partial charge in [-0.2, -0.15) is 0 Å². The molecular weight excluding hydrogens is 310 g/mol. The number of nitrogens with zero attached hydrogens (tertiary/aromatic N) is 2. The fraction of sp³-hybridized carbons (Fsp3) is 0.188. The van der Waals surface area contributed by atoms with E-state index in [0.29, 0.717) is 22.1 Å². The molecule has 2 nitrogen and oxygen atoms in total. The molecule has 0 aliphatic heterocycles. The van der Waals surface area contributed by atoms with Gasteiger partial charge in [-0.25, -0.2) is 9.37 Å². The zero-order valence-corrected chi connectivity index (χ0v) is 13.1. The van der Waals surface area contributed by atoms with E-state index >= 15 is 0 Å². The molecule has 2 aromatic carbocycles. The lowest BCUT2D eigenvalue weighted by atomic mass is 10.2. The van der Waals surface area contributed by atoms with Crippen LogP contribution in [-0.4, -0.2) is 9.55 Å². The van der Waals surface area contributed by atoms with Crippen LogP contribution in [0.5, 0.6) is 0 Å². The number of rotatable bonds is 2. The first-order chi connectivity index (χ1) is 9.97. The first-order valence-corrected chi connectivity index (χ1v) is 7.37. The van der Waals surface area contributed by atoms with Gasteiger partial charge in [-0.1, -0.05) is 17.7 Å². The maximum absolute atomic E-state index is 13.7. The number of benzene rings is 2. The van der Waals surface area contributed by atoms with Crippen molar-refractivity contribution in [2.45, 2.75) is 19.2 Å². The second-order valence-electron chi connectivity index (χ2n) is 5.02. The summed E-state index contributed by atoms with van der Waals surface area (Å²) in [5, 5.41) is 0.231. The Hall–Kier alpha value is -1.58. The van der Waals surface area contributed by atoms with Crippen molar-refractivity contribution in [3.8, 4) is 5.69 Å². The van der Waals surface area contributed by atoms with Crippen LogP contribution in [0.1, 0.15) is 23.7 Å². The van der Waals surface area contributed by atoms with E-state index in [-0.39, 0.29) is 11.2 Å². The van der Waals surface area contributed by atoms with Gasteiger partial charge < -0.3 is 0 Å². The van der Waals surface area contributed by atoms with E-state index in [1.54, 1.807) is 6.07 Å². The third kappa shape index (κ3) is 2.52. The van der Waals surface area contributed by atoms with Gasteiger partial charge in [0.1, 0.15) is 17.2 Å². The number of aryl methyl sites for hydroxylation is 1. The SMILES string of the molecule is Cc1cc(F)cc(-n2c(C(C)Cl)nc3c(Cl)cccc32)c1. The summed E-state index contributed by atoms with van der Waals surface area (Å²) < 4.78 is 15.6. The fourth-order valence-electron chi connectivity index (χ4n) is 2.47. The Morgan fingerprint density at radius 3 is 2.67 bits per heavy atom. The Kier molecular flexibility index (Phi) is 3.64. The molecule has 3 aromatic rings. The van der Waals surface area contributed by atoms with Crippen molar-refractivity contribution in [2.24, 2.45) is 0 Å². The lowest BCUT2D eigenvalue weighted by Crippen LogP contribution is -2.02. The van der Waals surface area contributed by atoms with Crippen LogP contribution < -0.4 is 0 Å². The van der Waals surface area contributed by atoms with Crippen molar-refractivity contribution in [2.75, 3.05) is 0 Å². The Bertz CT molecular complexity index is 804. The highest BCUT2D eigenvalue weighted by Gasteiger charge is 2.18. The second kappa shape index (κ2) is 5.32. The molecule has 1 aromatic heterocycles. The summed E-state index contributed by atoms with van der Waals surface area (Å²) in [5.74, 6) is 0.354. The molecule has 0 amide bonds. The lowest BCUT2D eigenvalue weighted by Gasteiger charge is -2.11. The van der Waals surface area contributed by atoms with Gasteiger partial charge in [0.25, 0.3) is 0 Å². The summed E-state index contributed by atoms with van der Waals surface area (Å²) in [4.78, 5) is 4.52. The van der Waals surface area contributed by atoms with Gasteiger partial charge in [0.2, 0.25) is 0 Å². The molecule has 3 rings (SSSR count). The molecule has 0 N–H and O–H groups in total. The fourth-order valence-corrected chi connectivity index (χ4v) is 2.83. The smallest absolute Gasteiger partial charge is 0.132 e. The summed E-state index contributed by atoms with van der Waals surface area (Å²) in [7, 11) is 0. The van der Waals surface area contributed by atoms with Crippen LogP contribution in [-0.2, 0) is 0 Å². The molecule has 108 valence electrons. The van der Waals surface area contributed by atoms with E-state index in [1.165, 1.54) is 12.1 Å². The minimum absolute atomic E-state index is 0.290. The van der Waals surface area contributed by atoms with Gasteiger partial charge in [-0.15, -0.1) is 11.6 Å². The molecule has 0 radical (unpaired) electrons. The van der Waals surface area contributed by atoms with Crippen LogP contribution in [0.25, 0.3) is 16.7 Å². The van der Waals surface area contributed by atoms with Gasteiger partial charge in [0.15, 0.2) is 0 Å². The van der Waals surface area contributed by atoms with Crippen molar-refractivity contribution in [1.29, 1.82) is 0 Å². The van der Waals surface area contributed by atoms with Crippen molar-refractivity contribution >= 4 is 34.2 Å². The number of hydrogen-bond donors (Lipinski definition) is 0. The van der Waals surface area contributed by atoms with Gasteiger partial charge in [0.05, 0.1) is 21.6 Å². The van der Waals surface area contributed by atoms with Crippen molar-refractivity contribution in [1.82, 2.24) is 9.55 Å². The van der Waals surface area contributed by atoms with Crippen LogP contribution in [0, 0.1) is 12.7 Å². The molecule has 0 fully saturated rings. The predicted molar refractivity (Wildman–Crippen MR) is 85.0 cm³/mol. The molecule has 0 bridgehead atoms. The molecule has 0 spiro atoms. The second-order valence-corrected chi connectivity index (χ2v) is 6.08. The number of hydrogen-bond acceptors (Lipinski definition) is 1. The highest BCUT2D eigenvalue weighted by Crippen LogP contribution is 2.31. The number of fused-ring (bicyclic) bond motifs is 1. The average Bonchev–Trinajstić information content (AvgIpc) is 2.78. The van der Waals surface area contributed by atoms with E-state index in [9.17, 15) is 4.39 Å². The zero-order valence-electron chi connectivity index (χ0n) is 11.6. The third-order valence-electron chi connectivity index (χ3n) is 3.30. The van der Waals surface area contributed by atoms with Gasteiger partial charge in [0, 0.05) is 0 Å². The minimum Gasteiger partial charge on any atom is -0.295 e. The van der Waals surface area contributed by atoms with E-state index < -0.39 is 0 Å². The molecule has 1 heterocycles. The summed E-state index contributed by atoms with van der Waals surface area (Å²) in [6.07, 6.45) is 0. The molecule has 0 saturated carbocycles. The number of alkyl halides is 1. The highest BCUT2D eigenvalue weighted by atomic mass is 35.5. The number of para-hydroxylation sites is 1. The number of halogens is 3. The molecule has 0 saturated heterocycles. The Balaban J connectivity index is 2.39. The summed E-state index contributed by atoms with van der Waals surface area (Å²) in [5.41, 5.74) is 3.01. The van der Waals surface area contributed by atoms with Gasteiger partial charge in [-0.05, 0) is 49.7 Å². The number of imidazole rings is 1. The molecule has 5 heteroatoms. The largest absolute Gasteiger partial charge is 0.295 e. The van der Waals surface area contributed by atoms with Crippen LogP contribution in [0.2, 0.25) is 5.02 Å². The van der Waals surface area contributed by atoms with E-state index in [0.717, 1.165) is 11.1 Å². The molecule has 21 heavy (non-hydrogen) atoms. The third-order valence-corrected chi connectivity index (χ3v) is 3.80. The highest BCUT2D eigenvalue weighted by molar-refractivity contribution is 6.35. The normalized spacial score (nSPS) is 12.8. The quantitative estimate of drug-likeness (QED) is 0.575. The molecule has 1 unspecified atom stereocenters. The standard InChI is InChI=1S/C16H13Cl2FN2/c1-9-6-11(19)8-12(7-9)21-14-5-3-4-13(18)15(14)20-16(21)10(2)17/h3-8,10H,1-2H3. The van der Waals surface area contributed by atoms with E-state index in [4.69, 9.17) is 23.2 Å². The maximum atomic E-state index is 13.7.